The summed E-state index contributed by atoms with van der Waals surface area (Å²) in [6.45, 7) is 5.00. The summed E-state index contributed by atoms with van der Waals surface area (Å²) in [5.74, 6) is 0.988. The molecule has 0 aliphatic rings. The van der Waals surface area contributed by atoms with Crippen LogP contribution in [-0.2, 0) is 13.6 Å². The van der Waals surface area contributed by atoms with Crippen molar-refractivity contribution in [1.82, 2.24) is 30.0 Å². The molecule has 0 fully saturated rings. The highest BCUT2D eigenvalue weighted by Gasteiger charge is 2.15. The van der Waals surface area contributed by atoms with Crippen LogP contribution in [0.15, 0.2) is 6.20 Å². The lowest BCUT2D eigenvalue weighted by Gasteiger charge is -2.05. The average Bonchev–Trinajstić information content (AvgIpc) is 2.74. The quantitative estimate of drug-likeness (QED) is 0.813. The van der Waals surface area contributed by atoms with Crippen molar-refractivity contribution in [2.45, 2.75) is 20.4 Å². The molecule has 0 radical (unpaired) electrons. The van der Waals surface area contributed by atoms with Crippen LogP contribution in [-0.4, -0.2) is 30.0 Å². The first-order chi connectivity index (χ1) is 7.58. The van der Waals surface area contributed by atoms with Crippen LogP contribution < -0.4 is 0 Å². The van der Waals surface area contributed by atoms with Crippen molar-refractivity contribution in [3.63, 3.8) is 0 Å². The first-order valence-corrected chi connectivity index (χ1v) is 5.41. The van der Waals surface area contributed by atoms with Gasteiger partial charge in [-0.1, -0.05) is 25.4 Å². The zero-order valence-electron chi connectivity index (χ0n) is 9.42. The van der Waals surface area contributed by atoms with Crippen molar-refractivity contribution in [2.75, 3.05) is 0 Å². The number of halogens is 1. The van der Waals surface area contributed by atoms with E-state index in [4.69, 9.17) is 11.6 Å². The highest BCUT2D eigenvalue weighted by atomic mass is 35.5. The van der Waals surface area contributed by atoms with Gasteiger partial charge in [0.25, 0.3) is 0 Å². The predicted molar refractivity (Wildman–Crippen MR) is 59.9 cm³/mol. The second kappa shape index (κ2) is 4.21. The molecule has 0 unspecified atom stereocenters. The molecule has 2 heterocycles. The molecule has 0 bridgehead atoms. The van der Waals surface area contributed by atoms with E-state index in [1.165, 1.54) is 4.80 Å². The molecule has 0 saturated heterocycles. The minimum atomic E-state index is 0.486. The minimum Gasteiger partial charge on any atom is -0.253 e. The van der Waals surface area contributed by atoms with E-state index in [0.717, 1.165) is 12.1 Å². The fourth-order valence-corrected chi connectivity index (χ4v) is 1.63. The molecule has 7 heteroatoms. The number of aromatic nitrogens is 6. The summed E-state index contributed by atoms with van der Waals surface area (Å²) in [6, 6.07) is 0. The third-order valence-corrected chi connectivity index (χ3v) is 2.46. The summed E-state index contributed by atoms with van der Waals surface area (Å²) < 4.78 is 1.75. The number of aryl methyl sites for hydroxylation is 1. The number of tetrazole rings is 1. The van der Waals surface area contributed by atoms with Crippen molar-refractivity contribution >= 4 is 11.6 Å². The zero-order valence-corrected chi connectivity index (χ0v) is 10.2. The molecule has 0 aliphatic heterocycles. The lowest BCUT2D eigenvalue weighted by molar-refractivity contribution is 0.484. The van der Waals surface area contributed by atoms with Gasteiger partial charge in [0, 0.05) is 6.54 Å². The molecule has 0 amide bonds. The van der Waals surface area contributed by atoms with Gasteiger partial charge in [0.05, 0.1) is 18.8 Å². The molecule has 16 heavy (non-hydrogen) atoms. The van der Waals surface area contributed by atoms with E-state index in [9.17, 15) is 0 Å². The maximum atomic E-state index is 6.20. The van der Waals surface area contributed by atoms with Gasteiger partial charge in [-0.3, -0.25) is 4.68 Å². The monoisotopic (exact) mass is 240 g/mol. The summed E-state index contributed by atoms with van der Waals surface area (Å²) in [5, 5.41) is 16.5. The van der Waals surface area contributed by atoms with Crippen molar-refractivity contribution in [1.29, 1.82) is 0 Å². The van der Waals surface area contributed by atoms with E-state index in [1.54, 1.807) is 17.9 Å². The van der Waals surface area contributed by atoms with E-state index < -0.39 is 0 Å². The molecule has 2 aromatic rings. The Labute approximate surface area is 98.2 Å². The Morgan fingerprint density at radius 1 is 1.44 bits per heavy atom. The van der Waals surface area contributed by atoms with Crippen LogP contribution in [0, 0.1) is 5.92 Å². The van der Waals surface area contributed by atoms with Crippen molar-refractivity contribution < 1.29 is 0 Å². The molecular weight excluding hydrogens is 228 g/mol. The van der Waals surface area contributed by atoms with E-state index in [-0.39, 0.29) is 0 Å². The number of hydrogen-bond acceptors (Lipinski definition) is 4. The third-order valence-electron chi connectivity index (χ3n) is 2.06. The van der Waals surface area contributed by atoms with Gasteiger partial charge in [0.15, 0.2) is 0 Å². The van der Waals surface area contributed by atoms with Crippen molar-refractivity contribution in [3.05, 3.63) is 11.3 Å². The molecule has 0 saturated carbocycles. The van der Waals surface area contributed by atoms with E-state index in [0.29, 0.717) is 16.9 Å². The molecule has 86 valence electrons. The molecule has 0 atom stereocenters. The lowest BCUT2D eigenvalue weighted by Crippen LogP contribution is -2.05. The van der Waals surface area contributed by atoms with Gasteiger partial charge in [-0.15, -0.1) is 10.2 Å². The molecule has 0 aliphatic carbocycles. The second-order valence-corrected chi connectivity index (χ2v) is 4.39. The molecular formula is C9H13ClN6. The van der Waals surface area contributed by atoms with Crippen LogP contribution in [0.5, 0.6) is 0 Å². The van der Waals surface area contributed by atoms with Crippen molar-refractivity contribution in [2.24, 2.45) is 13.0 Å². The molecule has 0 N–H and O–H groups in total. The van der Waals surface area contributed by atoms with Gasteiger partial charge in [0.1, 0.15) is 5.15 Å². The van der Waals surface area contributed by atoms with Gasteiger partial charge in [-0.25, -0.2) is 0 Å². The summed E-state index contributed by atoms with van der Waals surface area (Å²) in [4.78, 5) is 1.39. The first kappa shape index (κ1) is 11.1. The summed E-state index contributed by atoms with van der Waals surface area (Å²) >= 11 is 6.20. The highest BCUT2D eigenvalue weighted by molar-refractivity contribution is 6.32. The minimum absolute atomic E-state index is 0.486. The standard InChI is InChI=1S/C9H13ClN6/c1-6(2)5-16-8(10)7(4-11-16)9-12-14-15(3)13-9/h4,6H,5H2,1-3H3. The zero-order chi connectivity index (χ0) is 11.7. The maximum absolute atomic E-state index is 6.20. The molecule has 2 rings (SSSR count). The van der Waals surface area contributed by atoms with E-state index in [2.05, 4.69) is 34.4 Å². The Morgan fingerprint density at radius 3 is 2.75 bits per heavy atom. The van der Waals surface area contributed by atoms with Crippen LogP contribution in [0.2, 0.25) is 5.15 Å². The fraction of sp³-hybridized carbons (Fsp3) is 0.556. The predicted octanol–water partition coefficient (Wildman–Crippen LogP) is 1.38. The van der Waals surface area contributed by atoms with E-state index >= 15 is 0 Å². The molecule has 0 aromatic carbocycles. The van der Waals surface area contributed by atoms with Crippen molar-refractivity contribution in [3.8, 4) is 11.4 Å². The second-order valence-electron chi connectivity index (χ2n) is 4.03. The molecule has 6 nitrogen and oxygen atoms in total. The highest BCUT2D eigenvalue weighted by Crippen LogP contribution is 2.24. The SMILES string of the molecule is CC(C)Cn1ncc(-c2nnn(C)n2)c1Cl. The topological polar surface area (TPSA) is 61.4 Å². The Morgan fingerprint density at radius 2 is 2.19 bits per heavy atom. The van der Waals surface area contributed by atoms with Crippen LogP contribution in [0.3, 0.4) is 0 Å². The van der Waals surface area contributed by atoms with Gasteiger partial charge < -0.3 is 0 Å². The van der Waals surface area contributed by atoms with Crippen LogP contribution >= 0.6 is 11.6 Å². The lowest BCUT2D eigenvalue weighted by atomic mass is 10.2. The number of hydrogen-bond donors (Lipinski definition) is 0. The largest absolute Gasteiger partial charge is 0.253 e. The van der Waals surface area contributed by atoms with Gasteiger partial charge in [0.2, 0.25) is 5.82 Å². The Hall–Kier alpha value is -1.43. The molecule has 2 aromatic heterocycles. The van der Waals surface area contributed by atoms with Gasteiger partial charge >= 0.3 is 0 Å². The van der Waals surface area contributed by atoms with Crippen LogP contribution in [0.4, 0.5) is 0 Å². The Bertz CT molecular complexity index is 486. The van der Waals surface area contributed by atoms with Crippen LogP contribution in [0.1, 0.15) is 13.8 Å². The summed E-state index contributed by atoms with van der Waals surface area (Å²) in [6.07, 6.45) is 1.67. The summed E-state index contributed by atoms with van der Waals surface area (Å²) in [7, 11) is 1.71. The number of rotatable bonds is 3. The average molecular weight is 241 g/mol. The number of nitrogens with zero attached hydrogens (tertiary/aromatic N) is 6. The van der Waals surface area contributed by atoms with Gasteiger partial charge in [-0.2, -0.15) is 9.90 Å². The van der Waals surface area contributed by atoms with Gasteiger partial charge in [-0.05, 0) is 11.1 Å². The fourth-order valence-electron chi connectivity index (χ4n) is 1.39. The van der Waals surface area contributed by atoms with E-state index in [1.807, 2.05) is 0 Å². The normalized spacial score (nSPS) is 11.3. The summed E-state index contributed by atoms with van der Waals surface area (Å²) in [5.41, 5.74) is 0.718. The Balaban J connectivity index is 2.33. The Kier molecular flexibility index (Phi) is 2.91. The molecule has 0 spiro atoms. The third kappa shape index (κ3) is 2.06. The van der Waals surface area contributed by atoms with Crippen LogP contribution in [0.25, 0.3) is 11.4 Å². The first-order valence-electron chi connectivity index (χ1n) is 5.03. The smallest absolute Gasteiger partial charge is 0.209 e. The maximum Gasteiger partial charge on any atom is 0.209 e.